The average molecular weight is 242 g/mol. The van der Waals surface area contributed by atoms with Crippen LogP contribution in [0.4, 0.5) is 4.79 Å². The van der Waals surface area contributed by atoms with Crippen molar-refractivity contribution in [3.63, 3.8) is 0 Å². The molecule has 1 N–H and O–H groups in total. The highest BCUT2D eigenvalue weighted by Gasteiger charge is 2.21. The molecule has 1 saturated heterocycles. The number of hydrogen-bond acceptors (Lipinski definition) is 2. The third kappa shape index (κ3) is 4.94. The first-order valence-electron chi connectivity index (χ1n) is 6.78. The van der Waals surface area contributed by atoms with Crippen LogP contribution in [0.3, 0.4) is 0 Å². The normalized spacial score (nSPS) is 18.2. The second-order valence-corrected chi connectivity index (χ2v) is 5.01. The number of amides is 2. The van der Waals surface area contributed by atoms with Crippen molar-refractivity contribution in [2.45, 2.75) is 46.1 Å². The van der Waals surface area contributed by atoms with Gasteiger partial charge in [0, 0.05) is 19.7 Å². The van der Waals surface area contributed by atoms with E-state index in [1.807, 2.05) is 11.8 Å². The largest absolute Gasteiger partial charge is 0.380 e. The van der Waals surface area contributed by atoms with Gasteiger partial charge >= 0.3 is 6.03 Å². The summed E-state index contributed by atoms with van der Waals surface area (Å²) in [5.41, 5.74) is 0. The molecule has 0 saturated carbocycles. The van der Waals surface area contributed by atoms with Crippen molar-refractivity contribution >= 4 is 6.03 Å². The molecule has 1 aliphatic rings. The van der Waals surface area contributed by atoms with Gasteiger partial charge in [-0.2, -0.15) is 0 Å². The molecule has 1 atom stereocenters. The maximum atomic E-state index is 12.0. The van der Waals surface area contributed by atoms with Crippen LogP contribution >= 0.6 is 0 Å². The minimum absolute atomic E-state index is 0.0723. The molecule has 1 fully saturated rings. The highest BCUT2D eigenvalue weighted by atomic mass is 16.5. The molecule has 4 heteroatoms. The summed E-state index contributed by atoms with van der Waals surface area (Å²) >= 11 is 0. The molecule has 100 valence electrons. The van der Waals surface area contributed by atoms with E-state index in [0.29, 0.717) is 19.1 Å². The highest BCUT2D eigenvalue weighted by molar-refractivity contribution is 5.74. The van der Waals surface area contributed by atoms with Crippen LogP contribution in [0.5, 0.6) is 0 Å². The Morgan fingerprint density at radius 2 is 1.94 bits per heavy atom. The Labute approximate surface area is 105 Å². The third-order valence-electron chi connectivity index (χ3n) is 3.26. The Balaban J connectivity index is 2.39. The highest BCUT2D eigenvalue weighted by Crippen LogP contribution is 2.10. The molecule has 0 aromatic heterocycles. The Morgan fingerprint density at radius 3 is 2.47 bits per heavy atom. The van der Waals surface area contributed by atoms with Gasteiger partial charge in [-0.15, -0.1) is 0 Å². The quantitative estimate of drug-likeness (QED) is 0.803. The van der Waals surface area contributed by atoms with Crippen molar-refractivity contribution in [3.8, 4) is 0 Å². The lowest BCUT2D eigenvalue weighted by Crippen LogP contribution is -2.49. The molecule has 0 aliphatic carbocycles. The first-order valence-corrected chi connectivity index (χ1v) is 6.78. The lowest BCUT2D eigenvalue weighted by Gasteiger charge is -2.30. The molecule has 17 heavy (non-hydrogen) atoms. The monoisotopic (exact) mass is 242 g/mol. The van der Waals surface area contributed by atoms with Crippen LogP contribution in [0.15, 0.2) is 0 Å². The van der Waals surface area contributed by atoms with Crippen molar-refractivity contribution in [1.82, 2.24) is 10.2 Å². The second-order valence-electron chi connectivity index (χ2n) is 5.01. The molecule has 2 amide bonds. The van der Waals surface area contributed by atoms with E-state index in [9.17, 15) is 4.79 Å². The fourth-order valence-corrected chi connectivity index (χ4v) is 1.99. The van der Waals surface area contributed by atoms with Gasteiger partial charge in [-0.3, -0.25) is 0 Å². The van der Waals surface area contributed by atoms with E-state index in [1.165, 1.54) is 6.42 Å². The summed E-state index contributed by atoms with van der Waals surface area (Å²) in [6.07, 6.45) is 3.51. The van der Waals surface area contributed by atoms with E-state index >= 15 is 0 Å². The van der Waals surface area contributed by atoms with E-state index in [4.69, 9.17) is 4.74 Å². The first kappa shape index (κ1) is 14.3. The summed E-state index contributed by atoms with van der Waals surface area (Å²) in [5, 5.41) is 3.08. The van der Waals surface area contributed by atoms with Crippen molar-refractivity contribution in [2.75, 3.05) is 26.3 Å². The van der Waals surface area contributed by atoms with E-state index in [2.05, 4.69) is 19.2 Å². The Morgan fingerprint density at radius 1 is 1.29 bits per heavy atom. The van der Waals surface area contributed by atoms with Gasteiger partial charge in [0.25, 0.3) is 0 Å². The van der Waals surface area contributed by atoms with Gasteiger partial charge in [-0.05, 0) is 32.1 Å². The van der Waals surface area contributed by atoms with E-state index < -0.39 is 0 Å². The van der Waals surface area contributed by atoms with Crippen LogP contribution in [0.2, 0.25) is 0 Å². The molecule has 0 aromatic carbocycles. The van der Waals surface area contributed by atoms with E-state index in [0.717, 1.165) is 25.9 Å². The standard InChI is InChI=1S/C13H26N2O2/c1-4-17-10-12(11(2)3)14-13(16)15-8-6-5-7-9-15/h11-12H,4-10H2,1-3H3,(H,14,16). The van der Waals surface area contributed by atoms with Crippen molar-refractivity contribution in [3.05, 3.63) is 0 Å². The number of carbonyl (C=O) groups is 1. The smallest absolute Gasteiger partial charge is 0.317 e. The molecule has 0 radical (unpaired) electrons. The number of hydrogen-bond donors (Lipinski definition) is 1. The molecule has 1 unspecified atom stereocenters. The summed E-state index contributed by atoms with van der Waals surface area (Å²) in [4.78, 5) is 14.0. The minimum atomic E-state index is 0.0723. The number of ether oxygens (including phenoxy) is 1. The van der Waals surface area contributed by atoms with E-state index in [1.54, 1.807) is 0 Å². The zero-order valence-corrected chi connectivity index (χ0v) is 11.4. The summed E-state index contributed by atoms with van der Waals surface area (Å²) in [7, 11) is 0. The summed E-state index contributed by atoms with van der Waals surface area (Å²) < 4.78 is 5.41. The van der Waals surface area contributed by atoms with Crippen LogP contribution in [0.25, 0.3) is 0 Å². The van der Waals surface area contributed by atoms with Gasteiger partial charge in [0.05, 0.1) is 12.6 Å². The van der Waals surface area contributed by atoms with Crippen LogP contribution in [0, 0.1) is 5.92 Å². The second kappa shape index (κ2) is 7.54. The minimum Gasteiger partial charge on any atom is -0.380 e. The first-order chi connectivity index (χ1) is 8.15. The number of nitrogens with one attached hydrogen (secondary N) is 1. The molecule has 1 aliphatic heterocycles. The maximum Gasteiger partial charge on any atom is 0.317 e. The molecule has 0 spiro atoms. The molecule has 1 heterocycles. The number of piperidine rings is 1. The molecular weight excluding hydrogens is 216 g/mol. The van der Waals surface area contributed by atoms with Crippen molar-refractivity contribution in [1.29, 1.82) is 0 Å². The maximum absolute atomic E-state index is 12.0. The molecule has 4 nitrogen and oxygen atoms in total. The lowest BCUT2D eigenvalue weighted by atomic mass is 10.1. The average Bonchev–Trinajstić information content (AvgIpc) is 2.35. The number of urea groups is 1. The van der Waals surface area contributed by atoms with Gasteiger partial charge in [-0.1, -0.05) is 13.8 Å². The number of carbonyl (C=O) groups excluding carboxylic acids is 1. The summed E-state index contributed by atoms with van der Waals surface area (Å²) in [6, 6.07) is 0.187. The Bertz CT molecular complexity index is 225. The molecule has 0 bridgehead atoms. The summed E-state index contributed by atoms with van der Waals surface area (Å²) in [6.45, 7) is 9.29. The molecule has 1 rings (SSSR count). The number of rotatable bonds is 5. The van der Waals surface area contributed by atoms with Gasteiger partial charge in [-0.25, -0.2) is 4.79 Å². The third-order valence-corrected chi connectivity index (χ3v) is 3.26. The zero-order chi connectivity index (χ0) is 12.7. The Hall–Kier alpha value is -0.770. The summed E-state index contributed by atoms with van der Waals surface area (Å²) in [5.74, 6) is 0.398. The topological polar surface area (TPSA) is 41.6 Å². The predicted molar refractivity (Wildman–Crippen MR) is 69.1 cm³/mol. The van der Waals surface area contributed by atoms with Crippen molar-refractivity contribution < 1.29 is 9.53 Å². The van der Waals surface area contributed by atoms with Crippen LogP contribution in [-0.2, 0) is 4.74 Å². The van der Waals surface area contributed by atoms with Gasteiger partial charge in [0.1, 0.15) is 0 Å². The van der Waals surface area contributed by atoms with E-state index in [-0.39, 0.29) is 12.1 Å². The number of nitrogens with zero attached hydrogens (tertiary/aromatic N) is 1. The predicted octanol–water partition coefficient (Wildman–Crippen LogP) is 2.24. The fraction of sp³-hybridized carbons (Fsp3) is 0.923. The van der Waals surface area contributed by atoms with Crippen LogP contribution in [-0.4, -0.2) is 43.3 Å². The fourth-order valence-electron chi connectivity index (χ4n) is 1.99. The van der Waals surface area contributed by atoms with Gasteiger partial charge < -0.3 is 15.0 Å². The zero-order valence-electron chi connectivity index (χ0n) is 11.4. The van der Waals surface area contributed by atoms with Crippen LogP contribution in [0.1, 0.15) is 40.0 Å². The lowest BCUT2D eigenvalue weighted by molar-refractivity contribution is 0.105. The Kier molecular flexibility index (Phi) is 6.34. The van der Waals surface area contributed by atoms with Gasteiger partial charge in [0.2, 0.25) is 0 Å². The van der Waals surface area contributed by atoms with Crippen LogP contribution < -0.4 is 5.32 Å². The van der Waals surface area contributed by atoms with Gasteiger partial charge in [0.15, 0.2) is 0 Å². The van der Waals surface area contributed by atoms with Crippen molar-refractivity contribution in [2.24, 2.45) is 5.92 Å². The molecule has 0 aromatic rings. The molecular formula is C13H26N2O2. The number of likely N-dealkylation sites (tertiary alicyclic amines) is 1. The SMILES string of the molecule is CCOCC(NC(=O)N1CCCCC1)C(C)C.